The standard InChI is InChI=1S/C16H26N4O3/c1-16(13(21)18-14(22)19-16)11-6-5-9-20(10-11)15(23)17-12-7-3-2-4-8-12/h11-12H,2-10H2,1H3,(H,17,23)(H2,18,19,21,22). The number of piperidine rings is 1. The molecule has 2 unspecified atom stereocenters. The van der Waals surface area contributed by atoms with Crippen molar-refractivity contribution in [2.24, 2.45) is 5.92 Å². The summed E-state index contributed by atoms with van der Waals surface area (Å²) in [4.78, 5) is 37.8. The topological polar surface area (TPSA) is 90.5 Å². The molecule has 0 aromatic heterocycles. The van der Waals surface area contributed by atoms with Crippen molar-refractivity contribution in [3.63, 3.8) is 0 Å². The molecule has 23 heavy (non-hydrogen) atoms. The van der Waals surface area contributed by atoms with Gasteiger partial charge in [0.25, 0.3) is 5.91 Å². The molecule has 1 saturated carbocycles. The maximum atomic E-state index is 12.5. The van der Waals surface area contributed by atoms with E-state index < -0.39 is 11.6 Å². The van der Waals surface area contributed by atoms with Gasteiger partial charge in [-0.1, -0.05) is 19.3 Å². The van der Waals surface area contributed by atoms with Crippen LogP contribution in [0, 0.1) is 5.92 Å². The van der Waals surface area contributed by atoms with Crippen LogP contribution in [0.5, 0.6) is 0 Å². The zero-order valence-electron chi connectivity index (χ0n) is 13.7. The van der Waals surface area contributed by atoms with Gasteiger partial charge in [0.05, 0.1) is 0 Å². The minimum Gasteiger partial charge on any atom is -0.335 e. The summed E-state index contributed by atoms with van der Waals surface area (Å²) in [5.41, 5.74) is -0.916. The van der Waals surface area contributed by atoms with Crippen molar-refractivity contribution in [2.45, 2.75) is 63.5 Å². The van der Waals surface area contributed by atoms with Crippen molar-refractivity contribution >= 4 is 18.0 Å². The van der Waals surface area contributed by atoms with Gasteiger partial charge in [0.15, 0.2) is 0 Å². The molecular formula is C16H26N4O3. The number of hydrogen-bond acceptors (Lipinski definition) is 3. The first-order valence-corrected chi connectivity index (χ1v) is 8.68. The van der Waals surface area contributed by atoms with Gasteiger partial charge in [-0.25, -0.2) is 9.59 Å². The number of hydrogen-bond donors (Lipinski definition) is 3. The highest BCUT2D eigenvalue weighted by atomic mass is 16.2. The van der Waals surface area contributed by atoms with Crippen molar-refractivity contribution in [3.05, 3.63) is 0 Å². The van der Waals surface area contributed by atoms with Gasteiger partial charge in [-0.3, -0.25) is 10.1 Å². The molecule has 7 nitrogen and oxygen atoms in total. The number of nitrogens with one attached hydrogen (secondary N) is 3. The van der Waals surface area contributed by atoms with Gasteiger partial charge in [0.2, 0.25) is 0 Å². The van der Waals surface area contributed by atoms with Crippen molar-refractivity contribution < 1.29 is 14.4 Å². The highest BCUT2D eigenvalue weighted by molar-refractivity contribution is 6.07. The lowest BCUT2D eigenvalue weighted by Crippen LogP contribution is -2.58. The summed E-state index contributed by atoms with van der Waals surface area (Å²) >= 11 is 0. The van der Waals surface area contributed by atoms with Crippen molar-refractivity contribution in [1.29, 1.82) is 0 Å². The Morgan fingerprint density at radius 1 is 1.17 bits per heavy atom. The second kappa shape index (κ2) is 6.37. The monoisotopic (exact) mass is 322 g/mol. The number of carbonyl (C=O) groups is 3. The van der Waals surface area contributed by atoms with E-state index >= 15 is 0 Å². The lowest BCUT2D eigenvalue weighted by atomic mass is 9.80. The van der Waals surface area contributed by atoms with Crippen LogP contribution in [0.4, 0.5) is 9.59 Å². The number of urea groups is 2. The summed E-state index contributed by atoms with van der Waals surface area (Å²) in [6.07, 6.45) is 7.40. The fourth-order valence-corrected chi connectivity index (χ4v) is 3.99. The molecular weight excluding hydrogens is 296 g/mol. The normalized spacial score (nSPS) is 32.4. The molecule has 0 aromatic rings. The predicted molar refractivity (Wildman–Crippen MR) is 84.8 cm³/mol. The van der Waals surface area contributed by atoms with E-state index in [2.05, 4.69) is 16.0 Å². The largest absolute Gasteiger partial charge is 0.335 e. The minimum atomic E-state index is -0.916. The molecule has 0 spiro atoms. The van der Waals surface area contributed by atoms with Crippen LogP contribution in [0.1, 0.15) is 51.9 Å². The fraction of sp³-hybridized carbons (Fsp3) is 0.812. The van der Waals surface area contributed by atoms with Crippen LogP contribution in [0.3, 0.4) is 0 Å². The molecule has 2 saturated heterocycles. The predicted octanol–water partition coefficient (Wildman–Crippen LogP) is 1.34. The molecule has 7 heteroatoms. The number of carbonyl (C=O) groups excluding carboxylic acids is 3. The number of likely N-dealkylation sites (tertiary alicyclic amines) is 1. The molecule has 3 fully saturated rings. The van der Waals surface area contributed by atoms with E-state index in [1.165, 1.54) is 19.3 Å². The lowest BCUT2D eigenvalue weighted by Gasteiger charge is -2.40. The van der Waals surface area contributed by atoms with Crippen LogP contribution in [0.15, 0.2) is 0 Å². The number of amides is 5. The molecule has 3 rings (SSSR count). The van der Waals surface area contributed by atoms with E-state index in [-0.39, 0.29) is 23.9 Å². The summed E-state index contributed by atoms with van der Waals surface area (Å²) in [5, 5.41) is 8.17. The molecule has 3 N–H and O–H groups in total. The SMILES string of the molecule is CC1(C2CCCN(C(=O)NC3CCCCC3)C2)NC(=O)NC1=O. The second-order valence-corrected chi connectivity index (χ2v) is 7.18. The third-order valence-corrected chi connectivity index (χ3v) is 5.53. The first kappa shape index (κ1) is 16.1. The molecule has 5 amide bonds. The molecule has 2 aliphatic heterocycles. The van der Waals surface area contributed by atoms with E-state index in [0.29, 0.717) is 13.1 Å². The van der Waals surface area contributed by atoms with Crippen LogP contribution >= 0.6 is 0 Å². The number of nitrogens with zero attached hydrogens (tertiary/aromatic N) is 1. The van der Waals surface area contributed by atoms with Gasteiger partial charge in [-0.15, -0.1) is 0 Å². The smallest absolute Gasteiger partial charge is 0.322 e. The maximum Gasteiger partial charge on any atom is 0.322 e. The molecule has 0 bridgehead atoms. The Bertz CT molecular complexity index is 504. The van der Waals surface area contributed by atoms with E-state index in [9.17, 15) is 14.4 Å². The Hall–Kier alpha value is -1.79. The molecule has 0 aromatic carbocycles. The lowest BCUT2D eigenvalue weighted by molar-refractivity contribution is -0.125. The molecule has 2 heterocycles. The highest BCUT2D eigenvalue weighted by Gasteiger charge is 2.49. The average molecular weight is 322 g/mol. The number of rotatable bonds is 2. The van der Waals surface area contributed by atoms with Crippen LogP contribution in [-0.2, 0) is 4.79 Å². The molecule has 0 radical (unpaired) electrons. The Balaban J connectivity index is 1.60. The minimum absolute atomic E-state index is 0.0325. The Kier molecular flexibility index (Phi) is 4.46. The van der Waals surface area contributed by atoms with Crippen molar-refractivity contribution in [3.8, 4) is 0 Å². The third-order valence-electron chi connectivity index (χ3n) is 5.53. The van der Waals surface area contributed by atoms with Gasteiger partial charge in [-0.2, -0.15) is 0 Å². The van der Waals surface area contributed by atoms with Crippen LogP contribution in [0.25, 0.3) is 0 Å². The molecule has 2 atom stereocenters. The van der Waals surface area contributed by atoms with Crippen LogP contribution < -0.4 is 16.0 Å². The second-order valence-electron chi connectivity index (χ2n) is 7.18. The van der Waals surface area contributed by atoms with Gasteiger partial charge in [0.1, 0.15) is 5.54 Å². The van der Waals surface area contributed by atoms with Crippen LogP contribution in [-0.4, -0.2) is 47.5 Å². The van der Waals surface area contributed by atoms with Crippen molar-refractivity contribution in [2.75, 3.05) is 13.1 Å². The Labute approximate surface area is 136 Å². The summed E-state index contributed by atoms with van der Waals surface area (Å²) < 4.78 is 0. The van der Waals surface area contributed by atoms with Gasteiger partial charge in [-0.05, 0) is 32.6 Å². The van der Waals surface area contributed by atoms with E-state index in [4.69, 9.17) is 0 Å². The first-order chi connectivity index (χ1) is 11.0. The quantitative estimate of drug-likeness (QED) is 0.670. The Morgan fingerprint density at radius 3 is 2.57 bits per heavy atom. The Morgan fingerprint density at radius 2 is 1.91 bits per heavy atom. The summed E-state index contributed by atoms with van der Waals surface area (Å²) in [5.74, 6) is -0.346. The summed E-state index contributed by atoms with van der Waals surface area (Å²) in [7, 11) is 0. The zero-order chi connectivity index (χ0) is 16.4. The maximum absolute atomic E-state index is 12.5. The fourth-order valence-electron chi connectivity index (χ4n) is 3.99. The van der Waals surface area contributed by atoms with E-state index in [1.807, 2.05) is 0 Å². The van der Waals surface area contributed by atoms with Crippen molar-refractivity contribution in [1.82, 2.24) is 20.9 Å². The summed E-state index contributed by atoms with van der Waals surface area (Å²) in [6, 6.07) is -0.196. The molecule has 128 valence electrons. The first-order valence-electron chi connectivity index (χ1n) is 8.68. The van der Waals surface area contributed by atoms with E-state index in [0.717, 1.165) is 25.7 Å². The van der Waals surface area contributed by atoms with Gasteiger partial charge >= 0.3 is 12.1 Å². The molecule has 1 aliphatic carbocycles. The van der Waals surface area contributed by atoms with Gasteiger partial charge in [0, 0.05) is 25.0 Å². The van der Waals surface area contributed by atoms with E-state index in [1.54, 1.807) is 11.8 Å². The van der Waals surface area contributed by atoms with Crippen LogP contribution in [0.2, 0.25) is 0 Å². The third kappa shape index (κ3) is 3.28. The number of imide groups is 1. The van der Waals surface area contributed by atoms with Gasteiger partial charge < -0.3 is 15.5 Å². The molecule has 3 aliphatic rings. The zero-order valence-corrected chi connectivity index (χ0v) is 13.7. The highest BCUT2D eigenvalue weighted by Crippen LogP contribution is 2.30. The average Bonchev–Trinajstić information content (AvgIpc) is 2.82. The summed E-state index contributed by atoms with van der Waals surface area (Å²) in [6.45, 7) is 2.96.